The van der Waals surface area contributed by atoms with Crippen molar-refractivity contribution < 1.29 is 4.74 Å². The van der Waals surface area contributed by atoms with E-state index >= 15 is 0 Å². The molecule has 1 saturated heterocycles. The molecule has 5 heteroatoms. The lowest BCUT2D eigenvalue weighted by Crippen LogP contribution is -2.37. The molecule has 1 aromatic heterocycles. The van der Waals surface area contributed by atoms with Crippen molar-refractivity contribution in [3.63, 3.8) is 0 Å². The lowest BCUT2D eigenvalue weighted by molar-refractivity contribution is -0.0337. The van der Waals surface area contributed by atoms with Gasteiger partial charge in [0.25, 0.3) is 0 Å². The van der Waals surface area contributed by atoms with Crippen LogP contribution in [0, 0.1) is 0 Å². The van der Waals surface area contributed by atoms with E-state index in [9.17, 15) is 0 Å². The SMILES string of the molecule is CC1CC(Nc2cccc(Cl)c2-n2ccnc2)CC(C)O1. The summed E-state index contributed by atoms with van der Waals surface area (Å²) < 4.78 is 7.74. The van der Waals surface area contributed by atoms with Crippen LogP contribution in [0.2, 0.25) is 5.02 Å². The second-order valence-electron chi connectivity index (χ2n) is 5.68. The van der Waals surface area contributed by atoms with Gasteiger partial charge in [-0.15, -0.1) is 0 Å². The van der Waals surface area contributed by atoms with E-state index in [1.165, 1.54) is 0 Å². The molecular weight excluding hydrogens is 286 g/mol. The monoisotopic (exact) mass is 305 g/mol. The molecule has 2 unspecified atom stereocenters. The van der Waals surface area contributed by atoms with Crippen LogP contribution < -0.4 is 5.32 Å². The van der Waals surface area contributed by atoms with Gasteiger partial charge in [0, 0.05) is 18.4 Å². The Morgan fingerprint density at radius 3 is 2.71 bits per heavy atom. The third kappa shape index (κ3) is 3.22. The van der Waals surface area contributed by atoms with Crippen molar-refractivity contribution >= 4 is 17.3 Å². The molecule has 1 N–H and O–H groups in total. The van der Waals surface area contributed by atoms with E-state index in [0.717, 1.165) is 24.2 Å². The number of nitrogens with zero attached hydrogens (tertiary/aromatic N) is 2. The molecule has 0 radical (unpaired) electrons. The second-order valence-corrected chi connectivity index (χ2v) is 6.08. The summed E-state index contributed by atoms with van der Waals surface area (Å²) in [6, 6.07) is 6.32. The summed E-state index contributed by atoms with van der Waals surface area (Å²) in [4.78, 5) is 4.11. The van der Waals surface area contributed by atoms with Crippen LogP contribution in [-0.4, -0.2) is 27.8 Å². The molecule has 2 aromatic rings. The predicted molar refractivity (Wildman–Crippen MR) is 85.2 cm³/mol. The van der Waals surface area contributed by atoms with Crippen molar-refractivity contribution in [3.05, 3.63) is 41.9 Å². The van der Waals surface area contributed by atoms with Crippen molar-refractivity contribution in [2.75, 3.05) is 5.32 Å². The van der Waals surface area contributed by atoms with Gasteiger partial charge in [0.15, 0.2) is 0 Å². The van der Waals surface area contributed by atoms with Gasteiger partial charge in [-0.05, 0) is 38.8 Å². The van der Waals surface area contributed by atoms with Gasteiger partial charge >= 0.3 is 0 Å². The lowest BCUT2D eigenvalue weighted by atomic mass is 9.99. The van der Waals surface area contributed by atoms with Crippen molar-refractivity contribution in [2.24, 2.45) is 0 Å². The average molecular weight is 306 g/mol. The topological polar surface area (TPSA) is 39.1 Å². The predicted octanol–water partition coefficient (Wildman–Crippen LogP) is 3.89. The van der Waals surface area contributed by atoms with E-state index < -0.39 is 0 Å². The van der Waals surface area contributed by atoms with Crippen LogP contribution in [0.5, 0.6) is 0 Å². The Morgan fingerprint density at radius 2 is 2.05 bits per heavy atom. The minimum atomic E-state index is 0.280. The van der Waals surface area contributed by atoms with Crippen molar-refractivity contribution in [1.82, 2.24) is 9.55 Å². The zero-order valence-corrected chi connectivity index (χ0v) is 13.0. The highest BCUT2D eigenvalue weighted by molar-refractivity contribution is 6.33. The second kappa shape index (κ2) is 6.08. The van der Waals surface area contributed by atoms with Crippen LogP contribution in [0.1, 0.15) is 26.7 Å². The van der Waals surface area contributed by atoms with Crippen LogP contribution in [0.4, 0.5) is 5.69 Å². The molecule has 1 aliphatic rings. The number of anilines is 1. The highest BCUT2D eigenvalue weighted by Crippen LogP contribution is 2.31. The molecular formula is C16H20ClN3O. The first-order valence-corrected chi connectivity index (χ1v) is 7.70. The van der Waals surface area contributed by atoms with Crippen LogP contribution in [0.15, 0.2) is 36.9 Å². The number of hydrogen-bond donors (Lipinski definition) is 1. The van der Waals surface area contributed by atoms with Crippen molar-refractivity contribution in [3.8, 4) is 5.69 Å². The van der Waals surface area contributed by atoms with Gasteiger partial charge in [-0.3, -0.25) is 0 Å². The number of nitrogens with one attached hydrogen (secondary N) is 1. The number of halogens is 1. The van der Waals surface area contributed by atoms with Gasteiger partial charge in [0.05, 0.1) is 34.9 Å². The van der Waals surface area contributed by atoms with E-state index in [1.54, 1.807) is 12.5 Å². The Balaban J connectivity index is 1.87. The van der Waals surface area contributed by atoms with Gasteiger partial charge in [-0.1, -0.05) is 17.7 Å². The minimum Gasteiger partial charge on any atom is -0.380 e. The summed E-state index contributed by atoms with van der Waals surface area (Å²) in [6.45, 7) is 4.25. The number of para-hydroxylation sites is 1. The van der Waals surface area contributed by atoms with Gasteiger partial charge in [-0.25, -0.2) is 4.98 Å². The maximum atomic E-state index is 6.38. The molecule has 0 bridgehead atoms. The van der Waals surface area contributed by atoms with E-state index in [-0.39, 0.29) is 12.2 Å². The summed E-state index contributed by atoms with van der Waals surface area (Å²) in [5.41, 5.74) is 1.98. The van der Waals surface area contributed by atoms with Crippen molar-refractivity contribution in [2.45, 2.75) is 44.9 Å². The standard InChI is InChI=1S/C16H20ClN3O/c1-11-8-13(9-12(2)21-11)19-15-5-3-4-14(17)16(15)20-7-6-18-10-20/h3-7,10-13,19H,8-9H2,1-2H3. The highest BCUT2D eigenvalue weighted by Gasteiger charge is 2.25. The molecule has 112 valence electrons. The molecule has 1 aromatic carbocycles. The zero-order valence-electron chi connectivity index (χ0n) is 12.3. The fourth-order valence-corrected chi connectivity index (χ4v) is 3.30. The third-order valence-electron chi connectivity index (χ3n) is 3.81. The molecule has 4 nitrogen and oxygen atoms in total. The smallest absolute Gasteiger partial charge is 0.0992 e. The zero-order chi connectivity index (χ0) is 14.8. The summed E-state index contributed by atoms with van der Waals surface area (Å²) in [7, 11) is 0. The van der Waals surface area contributed by atoms with Gasteiger partial charge in [-0.2, -0.15) is 0 Å². The summed E-state index contributed by atoms with van der Waals surface area (Å²) >= 11 is 6.38. The number of ether oxygens (including phenoxy) is 1. The maximum absolute atomic E-state index is 6.38. The average Bonchev–Trinajstić information content (AvgIpc) is 2.91. The van der Waals surface area contributed by atoms with Gasteiger partial charge in [0.2, 0.25) is 0 Å². The Hall–Kier alpha value is -1.52. The van der Waals surface area contributed by atoms with E-state index in [0.29, 0.717) is 11.1 Å². The number of rotatable bonds is 3. The highest BCUT2D eigenvalue weighted by atomic mass is 35.5. The largest absolute Gasteiger partial charge is 0.380 e. The first-order valence-electron chi connectivity index (χ1n) is 7.32. The van der Waals surface area contributed by atoms with Crippen LogP contribution >= 0.6 is 11.6 Å². The summed E-state index contributed by atoms with van der Waals surface area (Å²) in [5.74, 6) is 0. The van der Waals surface area contributed by atoms with E-state index in [2.05, 4.69) is 30.2 Å². The fraction of sp³-hybridized carbons (Fsp3) is 0.438. The minimum absolute atomic E-state index is 0.280. The molecule has 1 fully saturated rings. The summed E-state index contributed by atoms with van der Waals surface area (Å²) in [6.07, 6.45) is 7.99. The molecule has 1 aliphatic heterocycles. The Morgan fingerprint density at radius 1 is 1.29 bits per heavy atom. The number of aromatic nitrogens is 2. The molecule has 0 aliphatic carbocycles. The van der Waals surface area contributed by atoms with E-state index in [1.807, 2.05) is 22.9 Å². The lowest BCUT2D eigenvalue weighted by Gasteiger charge is -2.33. The quantitative estimate of drug-likeness (QED) is 0.935. The van der Waals surface area contributed by atoms with Crippen LogP contribution in [-0.2, 0) is 4.74 Å². The molecule has 2 atom stereocenters. The summed E-state index contributed by atoms with van der Waals surface area (Å²) in [5, 5.41) is 4.34. The molecule has 21 heavy (non-hydrogen) atoms. The van der Waals surface area contributed by atoms with Gasteiger partial charge in [0.1, 0.15) is 0 Å². The maximum Gasteiger partial charge on any atom is 0.0992 e. The Labute approximate surface area is 130 Å². The fourth-order valence-electron chi connectivity index (χ4n) is 3.03. The van der Waals surface area contributed by atoms with Gasteiger partial charge < -0.3 is 14.6 Å². The Kier molecular flexibility index (Phi) is 4.17. The van der Waals surface area contributed by atoms with Crippen LogP contribution in [0.3, 0.4) is 0 Å². The van der Waals surface area contributed by atoms with Crippen LogP contribution in [0.25, 0.3) is 5.69 Å². The van der Waals surface area contributed by atoms with Crippen molar-refractivity contribution in [1.29, 1.82) is 0 Å². The first kappa shape index (κ1) is 14.4. The number of hydrogen-bond acceptors (Lipinski definition) is 3. The third-order valence-corrected chi connectivity index (χ3v) is 4.11. The molecule has 0 spiro atoms. The first-order chi connectivity index (χ1) is 10.1. The molecule has 2 heterocycles. The molecule has 3 rings (SSSR count). The number of benzene rings is 1. The Bertz CT molecular complexity index is 590. The normalized spacial score (nSPS) is 25.8. The molecule has 0 amide bonds. The van der Waals surface area contributed by atoms with E-state index in [4.69, 9.17) is 16.3 Å². The number of imidazole rings is 1. The molecule has 0 saturated carbocycles.